The SMILES string of the molecule is C[C@@]12CC[C@H]3c4ccc(O)cc4CC[C@@H]3[C@@H]1CC/C2=N/N=C\c1ccc(Cl)cc1. The number of nitrogens with zero attached hydrogens (tertiary/aromatic N) is 2. The van der Waals surface area contributed by atoms with E-state index in [1.54, 1.807) is 0 Å². The lowest BCUT2D eigenvalue weighted by molar-refractivity contribution is 0.0955. The van der Waals surface area contributed by atoms with Crippen molar-refractivity contribution in [3.05, 3.63) is 64.2 Å². The molecule has 3 aliphatic carbocycles. The van der Waals surface area contributed by atoms with Crippen LogP contribution >= 0.6 is 11.6 Å². The molecule has 0 aromatic heterocycles. The van der Waals surface area contributed by atoms with Gasteiger partial charge >= 0.3 is 0 Å². The first-order valence-electron chi connectivity index (χ1n) is 10.7. The molecule has 0 amide bonds. The van der Waals surface area contributed by atoms with Gasteiger partial charge < -0.3 is 5.11 Å². The quantitative estimate of drug-likeness (QED) is 0.456. The van der Waals surface area contributed by atoms with Crippen LogP contribution in [0.15, 0.2) is 52.7 Å². The Morgan fingerprint density at radius 2 is 1.90 bits per heavy atom. The average Bonchev–Trinajstić information content (AvgIpc) is 3.05. The molecule has 3 nitrogen and oxygen atoms in total. The summed E-state index contributed by atoms with van der Waals surface area (Å²) in [5.74, 6) is 2.44. The maximum atomic E-state index is 9.85. The molecule has 2 saturated carbocycles. The van der Waals surface area contributed by atoms with E-state index in [9.17, 15) is 5.11 Å². The molecule has 29 heavy (non-hydrogen) atoms. The molecule has 0 saturated heterocycles. The van der Waals surface area contributed by atoms with Gasteiger partial charge in [0.15, 0.2) is 0 Å². The van der Waals surface area contributed by atoms with Gasteiger partial charge in [0, 0.05) is 16.1 Å². The van der Waals surface area contributed by atoms with Gasteiger partial charge in [-0.3, -0.25) is 0 Å². The highest BCUT2D eigenvalue weighted by atomic mass is 35.5. The lowest BCUT2D eigenvalue weighted by atomic mass is 9.55. The predicted molar refractivity (Wildman–Crippen MR) is 119 cm³/mol. The highest BCUT2D eigenvalue weighted by Crippen LogP contribution is 2.60. The minimum Gasteiger partial charge on any atom is -0.508 e. The van der Waals surface area contributed by atoms with E-state index >= 15 is 0 Å². The van der Waals surface area contributed by atoms with E-state index in [1.807, 2.05) is 42.6 Å². The molecule has 0 spiro atoms. The minimum absolute atomic E-state index is 0.174. The van der Waals surface area contributed by atoms with Crippen molar-refractivity contribution in [1.29, 1.82) is 0 Å². The first-order valence-corrected chi connectivity index (χ1v) is 11.1. The molecule has 0 bridgehead atoms. The first kappa shape index (κ1) is 18.9. The summed E-state index contributed by atoms with van der Waals surface area (Å²) in [6, 6.07) is 13.7. The number of phenols is 1. The average molecular weight is 407 g/mol. The van der Waals surface area contributed by atoms with Gasteiger partial charge in [0.1, 0.15) is 5.75 Å². The van der Waals surface area contributed by atoms with Crippen molar-refractivity contribution in [3.63, 3.8) is 0 Å². The molecule has 2 aromatic rings. The van der Waals surface area contributed by atoms with Crippen LogP contribution in [0, 0.1) is 17.3 Å². The van der Waals surface area contributed by atoms with Crippen LogP contribution in [0.25, 0.3) is 0 Å². The van der Waals surface area contributed by atoms with Gasteiger partial charge in [-0.25, -0.2) is 0 Å². The largest absolute Gasteiger partial charge is 0.508 e. The van der Waals surface area contributed by atoms with E-state index in [0.717, 1.165) is 29.3 Å². The van der Waals surface area contributed by atoms with Crippen LogP contribution < -0.4 is 0 Å². The summed E-state index contributed by atoms with van der Waals surface area (Å²) in [7, 11) is 0. The van der Waals surface area contributed by atoms with E-state index in [0.29, 0.717) is 17.6 Å². The fourth-order valence-electron chi connectivity index (χ4n) is 6.24. The number of aromatic hydroxyl groups is 1. The first-order chi connectivity index (χ1) is 14.0. The monoisotopic (exact) mass is 406 g/mol. The summed E-state index contributed by atoms with van der Waals surface area (Å²) >= 11 is 5.95. The molecular weight excluding hydrogens is 380 g/mol. The third-order valence-corrected chi connectivity index (χ3v) is 7.96. The topological polar surface area (TPSA) is 45.0 Å². The highest BCUT2D eigenvalue weighted by molar-refractivity contribution is 6.30. The molecule has 0 aliphatic heterocycles. The molecule has 1 N–H and O–H groups in total. The van der Waals surface area contributed by atoms with Crippen LogP contribution in [-0.4, -0.2) is 17.0 Å². The second-order valence-corrected chi connectivity index (χ2v) is 9.57. The van der Waals surface area contributed by atoms with Gasteiger partial charge in [-0.2, -0.15) is 10.2 Å². The zero-order valence-electron chi connectivity index (χ0n) is 16.8. The third kappa shape index (κ3) is 3.30. The van der Waals surface area contributed by atoms with Crippen molar-refractivity contribution in [2.24, 2.45) is 27.5 Å². The zero-order chi connectivity index (χ0) is 20.0. The Bertz CT molecular complexity index is 981. The van der Waals surface area contributed by atoms with Crippen molar-refractivity contribution >= 4 is 23.5 Å². The van der Waals surface area contributed by atoms with Crippen LogP contribution in [0.1, 0.15) is 61.6 Å². The summed E-state index contributed by atoms with van der Waals surface area (Å²) in [6.07, 6.45) is 8.80. The molecular formula is C25H27ClN2O. The number of benzene rings is 2. The van der Waals surface area contributed by atoms with Gasteiger partial charge in [0.05, 0.1) is 6.21 Å². The number of rotatable bonds is 2. The molecule has 4 atom stereocenters. The third-order valence-electron chi connectivity index (χ3n) is 7.71. The highest BCUT2D eigenvalue weighted by Gasteiger charge is 2.53. The molecule has 3 aliphatic rings. The second kappa shape index (κ2) is 7.28. The van der Waals surface area contributed by atoms with Crippen molar-refractivity contribution in [3.8, 4) is 5.75 Å². The molecule has 2 fully saturated rings. The van der Waals surface area contributed by atoms with E-state index in [4.69, 9.17) is 16.7 Å². The minimum atomic E-state index is 0.174. The standard InChI is InChI=1S/C25H27ClN2O/c1-25-13-12-21-20-9-7-19(29)14-17(20)4-8-22(21)23(25)10-11-24(25)28-27-15-16-2-5-18(26)6-3-16/h2-3,5-7,9,14-15,21-23,29H,4,8,10-13H2,1H3/b27-15-,28-24-/t21-,22-,23-,25+/m0/s1. The summed E-state index contributed by atoms with van der Waals surface area (Å²) in [5.41, 5.74) is 5.31. The molecule has 5 rings (SSSR count). The Morgan fingerprint density at radius 1 is 1.07 bits per heavy atom. The lowest BCUT2D eigenvalue weighted by Crippen LogP contribution is -2.42. The molecule has 0 unspecified atom stereocenters. The van der Waals surface area contributed by atoms with Crippen molar-refractivity contribution in [2.45, 2.75) is 51.4 Å². The molecule has 150 valence electrons. The van der Waals surface area contributed by atoms with E-state index < -0.39 is 0 Å². The molecule has 2 aromatic carbocycles. The fourth-order valence-corrected chi connectivity index (χ4v) is 6.36. The number of aryl methyl sites for hydroxylation is 1. The molecule has 0 heterocycles. The normalized spacial score (nSPS) is 32.2. The number of fused-ring (bicyclic) bond motifs is 5. The predicted octanol–water partition coefficient (Wildman–Crippen LogP) is 6.38. The van der Waals surface area contributed by atoms with Gasteiger partial charge in [0.25, 0.3) is 0 Å². The fraction of sp³-hybridized carbons (Fsp3) is 0.440. The summed E-state index contributed by atoms with van der Waals surface area (Å²) in [6.45, 7) is 2.42. The van der Waals surface area contributed by atoms with Crippen molar-refractivity contribution in [2.75, 3.05) is 0 Å². The summed E-state index contributed by atoms with van der Waals surface area (Å²) in [5, 5.41) is 19.7. The van der Waals surface area contributed by atoms with E-state index in [-0.39, 0.29) is 5.41 Å². The van der Waals surface area contributed by atoms with Gasteiger partial charge in [-0.15, -0.1) is 0 Å². The summed E-state index contributed by atoms with van der Waals surface area (Å²) < 4.78 is 0. The zero-order valence-corrected chi connectivity index (χ0v) is 17.6. The lowest BCUT2D eigenvalue weighted by Gasteiger charge is -2.49. The van der Waals surface area contributed by atoms with E-state index in [2.05, 4.69) is 18.1 Å². The van der Waals surface area contributed by atoms with Crippen LogP contribution in [0.4, 0.5) is 0 Å². The number of hydrogen-bond acceptors (Lipinski definition) is 3. The number of halogens is 1. The van der Waals surface area contributed by atoms with Crippen LogP contribution in [0.2, 0.25) is 5.02 Å². The van der Waals surface area contributed by atoms with Crippen molar-refractivity contribution < 1.29 is 5.11 Å². The van der Waals surface area contributed by atoms with Gasteiger partial charge in [0.2, 0.25) is 0 Å². The molecule has 4 heteroatoms. The van der Waals surface area contributed by atoms with Crippen molar-refractivity contribution in [1.82, 2.24) is 0 Å². The number of hydrogen-bond donors (Lipinski definition) is 1. The molecule has 0 radical (unpaired) electrons. The van der Waals surface area contributed by atoms with Crippen LogP contribution in [0.3, 0.4) is 0 Å². The Balaban J connectivity index is 1.37. The maximum Gasteiger partial charge on any atom is 0.115 e. The maximum absolute atomic E-state index is 9.85. The van der Waals surface area contributed by atoms with Crippen LogP contribution in [-0.2, 0) is 6.42 Å². The smallest absolute Gasteiger partial charge is 0.115 e. The Labute approximate surface area is 177 Å². The Hall–Kier alpha value is -2.13. The van der Waals surface area contributed by atoms with Gasteiger partial charge in [-0.05, 0) is 97.2 Å². The van der Waals surface area contributed by atoms with Gasteiger partial charge in [-0.1, -0.05) is 36.7 Å². The Kier molecular flexibility index (Phi) is 4.74. The second-order valence-electron chi connectivity index (χ2n) is 9.14. The number of phenolic OH excluding ortho intramolecular Hbond substituents is 1. The summed E-state index contributed by atoms with van der Waals surface area (Å²) in [4.78, 5) is 0. The van der Waals surface area contributed by atoms with E-state index in [1.165, 1.54) is 42.5 Å². The Morgan fingerprint density at radius 3 is 2.72 bits per heavy atom. The van der Waals surface area contributed by atoms with Crippen LogP contribution in [0.5, 0.6) is 5.75 Å².